The number of β-lactam (4-membered cyclic amide) rings is 1. The summed E-state index contributed by atoms with van der Waals surface area (Å²) in [6.45, 7) is 0.523. The van der Waals surface area contributed by atoms with Crippen molar-refractivity contribution >= 4 is 5.91 Å². The number of amides is 1. The molecule has 1 saturated heterocycles. The lowest BCUT2D eigenvalue weighted by atomic mass is 9.59. The van der Waals surface area contributed by atoms with Crippen molar-refractivity contribution in [3.63, 3.8) is 0 Å². The second kappa shape index (κ2) is 8.47. The molecule has 4 heteroatoms. The summed E-state index contributed by atoms with van der Waals surface area (Å²) in [5.74, 6) is 0.952. The number of hydrogen-bond acceptors (Lipinski definition) is 3. The fraction of sp³-hybridized carbons (Fsp3) is 0.138. The molecular weight excluding hydrogens is 410 g/mol. The van der Waals surface area contributed by atoms with Gasteiger partial charge in [-0.1, -0.05) is 84.9 Å². The summed E-state index contributed by atoms with van der Waals surface area (Å²) in [5.41, 5.74) is 3.00. The van der Waals surface area contributed by atoms with Crippen LogP contribution in [0, 0.1) is 0 Å². The minimum atomic E-state index is -0.907. The Labute approximate surface area is 193 Å². The van der Waals surface area contributed by atoms with Crippen molar-refractivity contribution in [2.24, 2.45) is 0 Å². The third-order valence-electron chi connectivity index (χ3n) is 6.50. The quantitative estimate of drug-likeness (QED) is 0.409. The zero-order valence-corrected chi connectivity index (χ0v) is 18.4. The Morgan fingerprint density at radius 3 is 1.91 bits per heavy atom. The van der Waals surface area contributed by atoms with Crippen LogP contribution >= 0.6 is 0 Å². The zero-order valence-electron chi connectivity index (χ0n) is 18.4. The van der Waals surface area contributed by atoms with Gasteiger partial charge in [-0.15, -0.1) is 0 Å². The van der Waals surface area contributed by atoms with Crippen molar-refractivity contribution in [1.82, 2.24) is 4.90 Å². The molecule has 33 heavy (non-hydrogen) atoms. The molecule has 5 rings (SSSR count). The molecule has 0 radical (unpaired) electrons. The third kappa shape index (κ3) is 3.44. The number of hydrogen-bond donors (Lipinski definition) is 1. The number of aromatic hydroxyl groups is 1. The van der Waals surface area contributed by atoms with Crippen LogP contribution in [-0.2, 0) is 16.8 Å². The summed E-state index contributed by atoms with van der Waals surface area (Å²) in [6.07, 6.45) is 0. The lowest BCUT2D eigenvalue weighted by Crippen LogP contribution is -2.66. The van der Waals surface area contributed by atoms with Crippen LogP contribution in [0.3, 0.4) is 0 Å². The highest BCUT2D eigenvalue weighted by Crippen LogP contribution is 2.56. The van der Waals surface area contributed by atoms with E-state index in [0.717, 1.165) is 28.0 Å². The first kappa shape index (κ1) is 20.8. The van der Waals surface area contributed by atoms with Gasteiger partial charge in [-0.3, -0.25) is 4.79 Å². The molecule has 4 aromatic rings. The predicted molar refractivity (Wildman–Crippen MR) is 128 cm³/mol. The Balaban J connectivity index is 1.70. The molecule has 0 unspecified atom stereocenters. The number of likely N-dealkylation sites (tertiary alicyclic amines) is 1. The van der Waals surface area contributed by atoms with E-state index in [1.807, 2.05) is 89.8 Å². The highest BCUT2D eigenvalue weighted by Gasteiger charge is 2.62. The number of rotatable bonds is 6. The van der Waals surface area contributed by atoms with Crippen molar-refractivity contribution in [3.8, 4) is 11.5 Å². The number of methoxy groups -OCH3 is 1. The molecule has 0 spiro atoms. The van der Waals surface area contributed by atoms with Crippen molar-refractivity contribution in [2.45, 2.75) is 18.0 Å². The average molecular weight is 436 g/mol. The van der Waals surface area contributed by atoms with Gasteiger partial charge in [0.25, 0.3) is 0 Å². The lowest BCUT2D eigenvalue weighted by molar-refractivity contribution is -0.159. The van der Waals surface area contributed by atoms with Gasteiger partial charge >= 0.3 is 0 Å². The Bertz CT molecular complexity index is 1240. The van der Waals surface area contributed by atoms with E-state index in [2.05, 4.69) is 12.1 Å². The molecule has 4 aromatic carbocycles. The first-order chi connectivity index (χ1) is 16.1. The SMILES string of the molecule is COc1ccc([C@]2(c3ccc(O)cc3)C(=O)N(Cc3ccccc3)[C@@H]2c2ccccc2)cc1. The summed E-state index contributed by atoms with van der Waals surface area (Å²) in [7, 11) is 1.63. The number of carbonyl (C=O) groups excluding carboxylic acids is 1. The second-order valence-electron chi connectivity index (χ2n) is 8.32. The minimum Gasteiger partial charge on any atom is -0.508 e. The first-order valence-electron chi connectivity index (χ1n) is 11.0. The van der Waals surface area contributed by atoms with E-state index in [9.17, 15) is 9.90 Å². The molecule has 0 bridgehead atoms. The van der Waals surface area contributed by atoms with Crippen LogP contribution in [0.2, 0.25) is 0 Å². The fourth-order valence-corrected chi connectivity index (χ4v) is 4.94. The van der Waals surface area contributed by atoms with Crippen LogP contribution in [0.15, 0.2) is 109 Å². The standard InChI is InChI=1S/C29H25NO3/c1-33-26-18-14-24(15-19-26)29(23-12-16-25(31)17-13-23)27(22-10-6-3-7-11-22)30(28(29)32)20-21-8-4-2-5-9-21/h2-19,27,31H,20H2,1H3/t27-,29+/m1/s1. The maximum Gasteiger partial charge on any atom is 0.241 e. The normalized spacial score (nSPS) is 19.7. The van der Waals surface area contributed by atoms with Crippen LogP contribution in [0.1, 0.15) is 28.3 Å². The van der Waals surface area contributed by atoms with E-state index in [-0.39, 0.29) is 17.7 Å². The van der Waals surface area contributed by atoms with E-state index in [4.69, 9.17) is 4.74 Å². The topological polar surface area (TPSA) is 49.8 Å². The number of benzene rings is 4. The maximum atomic E-state index is 14.1. The van der Waals surface area contributed by atoms with E-state index in [1.54, 1.807) is 19.2 Å². The van der Waals surface area contributed by atoms with Crippen molar-refractivity contribution < 1.29 is 14.6 Å². The number of ether oxygens (including phenoxy) is 1. The fourth-order valence-electron chi connectivity index (χ4n) is 4.94. The van der Waals surface area contributed by atoms with E-state index in [0.29, 0.717) is 6.54 Å². The van der Waals surface area contributed by atoms with Gasteiger partial charge in [-0.25, -0.2) is 0 Å². The average Bonchev–Trinajstić information content (AvgIpc) is 2.88. The predicted octanol–water partition coefficient (Wildman–Crippen LogP) is 5.47. The van der Waals surface area contributed by atoms with E-state index >= 15 is 0 Å². The Morgan fingerprint density at radius 2 is 1.33 bits per heavy atom. The van der Waals surface area contributed by atoms with E-state index < -0.39 is 5.41 Å². The van der Waals surface area contributed by atoms with Crippen molar-refractivity contribution in [2.75, 3.05) is 7.11 Å². The summed E-state index contributed by atoms with van der Waals surface area (Å²) in [6, 6.07) is 34.8. The Morgan fingerprint density at radius 1 is 0.788 bits per heavy atom. The maximum absolute atomic E-state index is 14.1. The molecule has 1 heterocycles. The highest BCUT2D eigenvalue weighted by atomic mass is 16.5. The summed E-state index contributed by atoms with van der Waals surface area (Å²) < 4.78 is 5.36. The van der Waals surface area contributed by atoms with Crippen LogP contribution in [0.5, 0.6) is 11.5 Å². The summed E-state index contributed by atoms with van der Waals surface area (Å²) >= 11 is 0. The third-order valence-corrected chi connectivity index (χ3v) is 6.50. The molecule has 1 N–H and O–H groups in total. The summed E-state index contributed by atoms with van der Waals surface area (Å²) in [5, 5.41) is 9.94. The Kier molecular flexibility index (Phi) is 5.35. The molecule has 4 nitrogen and oxygen atoms in total. The number of nitrogens with zero attached hydrogens (tertiary/aromatic N) is 1. The largest absolute Gasteiger partial charge is 0.508 e. The molecule has 1 fully saturated rings. The van der Waals surface area contributed by atoms with Crippen molar-refractivity contribution in [1.29, 1.82) is 0 Å². The molecule has 1 amide bonds. The highest BCUT2D eigenvalue weighted by molar-refractivity contribution is 6.00. The molecule has 1 aliphatic heterocycles. The molecule has 1 aliphatic rings. The lowest BCUT2D eigenvalue weighted by Gasteiger charge is -2.57. The number of phenolic OH excluding ortho intramolecular Hbond substituents is 1. The monoisotopic (exact) mass is 435 g/mol. The molecule has 0 aromatic heterocycles. The Hall–Kier alpha value is -4.05. The zero-order chi connectivity index (χ0) is 22.8. The van der Waals surface area contributed by atoms with Gasteiger partial charge in [0.05, 0.1) is 13.2 Å². The molecular formula is C29H25NO3. The van der Waals surface area contributed by atoms with Gasteiger partial charge in [-0.2, -0.15) is 0 Å². The van der Waals surface area contributed by atoms with Crippen LogP contribution in [0.4, 0.5) is 0 Å². The minimum absolute atomic E-state index is 0.0380. The van der Waals surface area contributed by atoms with Gasteiger partial charge in [0.1, 0.15) is 16.9 Å². The second-order valence-corrected chi connectivity index (χ2v) is 8.32. The first-order valence-corrected chi connectivity index (χ1v) is 11.0. The molecule has 164 valence electrons. The van der Waals surface area contributed by atoms with Crippen molar-refractivity contribution in [3.05, 3.63) is 131 Å². The van der Waals surface area contributed by atoms with Crippen LogP contribution in [-0.4, -0.2) is 23.0 Å². The van der Waals surface area contributed by atoms with Gasteiger partial charge in [0.2, 0.25) is 5.91 Å². The van der Waals surface area contributed by atoms with Gasteiger partial charge in [0, 0.05) is 6.54 Å². The number of phenols is 1. The molecule has 0 saturated carbocycles. The van der Waals surface area contributed by atoms with E-state index in [1.165, 1.54) is 0 Å². The van der Waals surface area contributed by atoms with Gasteiger partial charge in [-0.05, 0) is 46.5 Å². The molecule has 0 aliphatic carbocycles. The summed E-state index contributed by atoms with van der Waals surface area (Å²) in [4.78, 5) is 16.1. The smallest absolute Gasteiger partial charge is 0.241 e. The van der Waals surface area contributed by atoms with Gasteiger partial charge < -0.3 is 14.7 Å². The number of carbonyl (C=O) groups is 1. The van der Waals surface area contributed by atoms with Gasteiger partial charge in [0.15, 0.2) is 0 Å². The molecule has 2 atom stereocenters. The van der Waals surface area contributed by atoms with Crippen LogP contribution < -0.4 is 4.74 Å². The van der Waals surface area contributed by atoms with Crippen LogP contribution in [0.25, 0.3) is 0 Å².